The number of benzene rings is 1. The summed E-state index contributed by atoms with van der Waals surface area (Å²) in [4.78, 5) is 11.8. The van der Waals surface area contributed by atoms with Gasteiger partial charge in [-0.15, -0.1) is 0 Å². The smallest absolute Gasteiger partial charge is 0.267 e. The largest absolute Gasteiger partial charge is 0.491 e. The number of hydrogen-bond donors (Lipinski definition) is 2. The van der Waals surface area contributed by atoms with Crippen molar-refractivity contribution in [1.82, 2.24) is 9.88 Å². The number of halogens is 2. The van der Waals surface area contributed by atoms with Crippen LogP contribution in [0.25, 0.3) is 0 Å². The van der Waals surface area contributed by atoms with Gasteiger partial charge >= 0.3 is 0 Å². The van der Waals surface area contributed by atoms with Gasteiger partial charge in [-0.2, -0.15) is 0 Å². The summed E-state index contributed by atoms with van der Waals surface area (Å²) >= 11 is 0. The van der Waals surface area contributed by atoms with Crippen LogP contribution in [0.1, 0.15) is 10.5 Å². The van der Waals surface area contributed by atoms with Crippen LogP contribution in [0.2, 0.25) is 0 Å². The molecule has 0 aliphatic heterocycles. The van der Waals surface area contributed by atoms with Gasteiger partial charge in [0.15, 0.2) is 11.6 Å². The maximum atomic E-state index is 13.0. The van der Waals surface area contributed by atoms with Crippen molar-refractivity contribution in [3.8, 4) is 5.75 Å². The van der Waals surface area contributed by atoms with Gasteiger partial charge in [0.2, 0.25) is 0 Å². The molecule has 5 nitrogen and oxygen atoms in total. The molecule has 7 heteroatoms. The van der Waals surface area contributed by atoms with E-state index < -0.39 is 17.7 Å². The summed E-state index contributed by atoms with van der Waals surface area (Å²) in [6.07, 6.45) is 0.759. The van der Waals surface area contributed by atoms with E-state index in [1.54, 1.807) is 29.9 Å². The molecule has 0 bridgehead atoms. The number of nitrogens with one attached hydrogen (secondary N) is 1. The molecule has 1 heterocycles. The number of carbonyl (C=O) groups excluding carboxylic acids is 1. The van der Waals surface area contributed by atoms with E-state index in [0.717, 1.165) is 12.1 Å². The van der Waals surface area contributed by atoms with Gasteiger partial charge in [0.1, 0.15) is 24.2 Å². The van der Waals surface area contributed by atoms with Crippen LogP contribution in [0.3, 0.4) is 0 Å². The molecule has 0 radical (unpaired) electrons. The van der Waals surface area contributed by atoms with Crippen molar-refractivity contribution in [2.45, 2.75) is 6.10 Å². The first-order valence-corrected chi connectivity index (χ1v) is 6.63. The topological polar surface area (TPSA) is 63.5 Å². The molecule has 118 valence electrons. The lowest BCUT2D eigenvalue weighted by Gasteiger charge is -2.13. The van der Waals surface area contributed by atoms with E-state index >= 15 is 0 Å². The maximum absolute atomic E-state index is 13.0. The standard InChI is InChI=1S/C15H16F2N2O3/c1-19-6-2-3-14(19)15(21)18-8-10(20)9-22-11-4-5-12(16)13(17)7-11/h2-7,10,20H,8-9H2,1H3,(H,18,21). The van der Waals surface area contributed by atoms with Crippen molar-refractivity contribution in [1.29, 1.82) is 0 Å². The molecule has 0 saturated heterocycles. The number of carbonyl (C=O) groups is 1. The van der Waals surface area contributed by atoms with Crippen LogP contribution in [0.15, 0.2) is 36.5 Å². The SMILES string of the molecule is Cn1cccc1C(=O)NCC(O)COc1ccc(F)c(F)c1. The zero-order valence-electron chi connectivity index (χ0n) is 11.9. The average Bonchev–Trinajstić information content (AvgIpc) is 2.92. The van der Waals surface area contributed by atoms with Crippen molar-refractivity contribution in [2.24, 2.45) is 7.05 Å². The molecule has 0 aliphatic carbocycles. The molecule has 2 aromatic rings. The van der Waals surface area contributed by atoms with Crippen molar-refractivity contribution in [3.63, 3.8) is 0 Å². The van der Waals surface area contributed by atoms with E-state index in [9.17, 15) is 18.7 Å². The van der Waals surface area contributed by atoms with E-state index in [1.165, 1.54) is 6.07 Å². The molecule has 22 heavy (non-hydrogen) atoms. The summed E-state index contributed by atoms with van der Waals surface area (Å²) in [6.45, 7) is -0.174. The Morgan fingerprint density at radius 1 is 1.36 bits per heavy atom. The molecule has 0 aliphatic rings. The second-order valence-corrected chi connectivity index (χ2v) is 4.76. The first-order valence-electron chi connectivity index (χ1n) is 6.63. The predicted octanol–water partition coefficient (Wildman–Crippen LogP) is 1.47. The molecule has 1 aromatic heterocycles. The third kappa shape index (κ3) is 4.05. The van der Waals surface area contributed by atoms with Crippen molar-refractivity contribution >= 4 is 5.91 Å². The number of rotatable bonds is 6. The molecule has 1 amide bonds. The molecule has 1 atom stereocenters. The minimum Gasteiger partial charge on any atom is -0.491 e. The highest BCUT2D eigenvalue weighted by molar-refractivity contribution is 5.92. The van der Waals surface area contributed by atoms with Crippen molar-refractivity contribution < 1.29 is 23.4 Å². The van der Waals surface area contributed by atoms with Gasteiger partial charge in [0.25, 0.3) is 5.91 Å². The number of ether oxygens (including phenoxy) is 1. The van der Waals surface area contributed by atoms with Gasteiger partial charge in [-0.1, -0.05) is 0 Å². The lowest BCUT2D eigenvalue weighted by Crippen LogP contribution is -2.36. The number of aliphatic hydroxyl groups is 1. The van der Waals surface area contributed by atoms with Crippen LogP contribution >= 0.6 is 0 Å². The molecule has 1 aromatic carbocycles. The van der Waals surface area contributed by atoms with Gasteiger partial charge in [-0.05, 0) is 24.3 Å². The number of hydrogen-bond acceptors (Lipinski definition) is 3. The van der Waals surface area contributed by atoms with Crippen LogP contribution < -0.4 is 10.1 Å². The monoisotopic (exact) mass is 310 g/mol. The predicted molar refractivity (Wildman–Crippen MR) is 75.6 cm³/mol. The highest BCUT2D eigenvalue weighted by Crippen LogP contribution is 2.15. The number of aryl methyl sites for hydroxylation is 1. The Morgan fingerprint density at radius 2 is 2.14 bits per heavy atom. The summed E-state index contributed by atoms with van der Waals surface area (Å²) in [6, 6.07) is 6.48. The fourth-order valence-corrected chi connectivity index (χ4v) is 1.82. The summed E-state index contributed by atoms with van der Waals surface area (Å²) in [5.41, 5.74) is 0.466. The Kier molecular flexibility index (Phi) is 5.11. The van der Waals surface area contributed by atoms with E-state index in [-0.39, 0.29) is 24.8 Å². The maximum Gasteiger partial charge on any atom is 0.267 e. The Labute approximate surface area is 126 Å². The molecular weight excluding hydrogens is 294 g/mol. The van der Waals surface area contributed by atoms with Gasteiger partial charge in [-0.25, -0.2) is 8.78 Å². The van der Waals surface area contributed by atoms with Crippen molar-refractivity contribution in [2.75, 3.05) is 13.2 Å². The second-order valence-electron chi connectivity index (χ2n) is 4.76. The van der Waals surface area contributed by atoms with Gasteiger partial charge < -0.3 is 19.7 Å². The average molecular weight is 310 g/mol. The Balaban J connectivity index is 1.78. The Hall–Kier alpha value is -2.41. The normalized spacial score (nSPS) is 12.0. The van der Waals surface area contributed by atoms with Crippen LogP contribution in [-0.4, -0.2) is 34.8 Å². The fraction of sp³-hybridized carbons (Fsp3) is 0.267. The van der Waals surface area contributed by atoms with E-state index in [1.807, 2.05) is 0 Å². The molecule has 0 fully saturated rings. The van der Waals surface area contributed by atoms with E-state index in [4.69, 9.17) is 4.74 Å². The van der Waals surface area contributed by atoms with Crippen LogP contribution in [0.5, 0.6) is 5.75 Å². The molecular formula is C15H16F2N2O3. The van der Waals surface area contributed by atoms with Gasteiger partial charge in [0.05, 0.1) is 0 Å². The summed E-state index contributed by atoms with van der Waals surface area (Å²) in [5.74, 6) is -2.21. The quantitative estimate of drug-likeness (QED) is 0.849. The minimum atomic E-state index is -1.02. The third-order valence-corrected chi connectivity index (χ3v) is 3.01. The Bertz CT molecular complexity index is 658. The fourth-order valence-electron chi connectivity index (χ4n) is 1.82. The lowest BCUT2D eigenvalue weighted by atomic mass is 10.3. The Morgan fingerprint density at radius 3 is 2.77 bits per heavy atom. The van der Waals surface area contributed by atoms with Gasteiger partial charge in [-0.3, -0.25) is 4.79 Å². The number of aliphatic hydroxyl groups excluding tert-OH is 1. The zero-order chi connectivity index (χ0) is 16.1. The van der Waals surface area contributed by atoms with Crippen LogP contribution in [0, 0.1) is 11.6 Å². The molecule has 1 unspecified atom stereocenters. The molecule has 0 saturated carbocycles. The molecule has 0 spiro atoms. The van der Waals surface area contributed by atoms with E-state index in [0.29, 0.717) is 5.69 Å². The number of nitrogens with zero attached hydrogens (tertiary/aromatic N) is 1. The van der Waals surface area contributed by atoms with Gasteiger partial charge in [0, 0.05) is 25.9 Å². The van der Waals surface area contributed by atoms with Crippen molar-refractivity contribution in [3.05, 3.63) is 53.9 Å². The summed E-state index contributed by atoms with van der Waals surface area (Å²) < 4.78 is 32.5. The summed E-state index contributed by atoms with van der Waals surface area (Å²) in [5, 5.41) is 12.3. The third-order valence-electron chi connectivity index (χ3n) is 3.01. The minimum absolute atomic E-state index is 0.0201. The zero-order valence-corrected chi connectivity index (χ0v) is 11.9. The van der Waals surface area contributed by atoms with E-state index in [2.05, 4.69) is 5.32 Å². The number of aromatic nitrogens is 1. The first kappa shape index (κ1) is 16.0. The first-order chi connectivity index (χ1) is 10.5. The summed E-state index contributed by atoms with van der Waals surface area (Å²) in [7, 11) is 1.73. The van der Waals surface area contributed by atoms with Crippen LogP contribution in [-0.2, 0) is 7.05 Å². The lowest BCUT2D eigenvalue weighted by molar-refractivity contribution is 0.0836. The molecule has 2 N–H and O–H groups in total. The second kappa shape index (κ2) is 7.04. The highest BCUT2D eigenvalue weighted by atomic mass is 19.2. The highest BCUT2D eigenvalue weighted by Gasteiger charge is 2.12. The van der Waals surface area contributed by atoms with Crippen LogP contribution in [0.4, 0.5) is 8.78 Å². The number of amides is 1. The molecule has 2 rings (SSSR count).